The van der Waals surface area contributed by atoms with Crippen molar-refractivity contribution in [2.24, 2.45) is 0 Å². The molecule has 3 heterocycles. The van der Waals surface area contributed by atoms with Crippen molar-refractivity contribution in [1.82, 2.24) is 15.6 Å². The number of amides is 1. The number of anilines is 1. The van der Waals surface area contributed by atoms with E-state index in [1.807, 2.05) is 18.3 Å². The first kappa shape index (κ1) is 22.9. The summed E-state index contributed by atoms with van der Waals surface area (Å²) in [6, 6.07) is 4.01. The number of morpholine rings is 2. The van der Waals surface area contributed by atoms with E-state index in [1.54, 1.807) is 0 Å². The number of hydrogen-bond acceptors (Lipinski definition) is 6. The highest BCUT2D eigenvalue weighted by Gasteiger charge is 2.23. The van der Waals surface area contributed by atoms with Crippen LogP contribution in [0.2, 0.25) is 0 Å². The Hall–Kier alpha value is -1.12. The Morgan fingerprint density at radius 1 is 1.31 bits per heavy atom. The number of nitrogens with one attached hydrogen (secondary N) is 2. The molecule has 0 aliphatic carbocycles. The van der Waals surface area contributed by atoms with Crippen LogP contribution in [0.4, 0.5) is 5.82 Å². The van der Waals surface area contributed by atoms with Crippen LogP contribution in [0.5, 0.6) is 0 Å². The van der Waals surface area contributed by atoms with Crippen molar-refractivity contribution < 1.29 is 14.3 Å². The van der Waals surface area contributed by atoms with Gasteiger partial charge in [-0.05, 0) is 25.5 Å². The molecule has 3 rings (SSSR count). The van der Waals surface area contributed by atoms with Crippen LogP contribution in [0.25, 0.3) is 0 Å². The quantitative estimate of drug-likeness (QED) is 0.780. The van der Waals surface area contributed by atoms with Gasteiger partial charge in [0.2, 0.25) is 0 Å². The van der Waals surface area contributed by atoms with E-state index in [0.29, 0.717) is 19.7 Å². The van der Waals surface area contributed by atoms with E-state index in [1.165, 1.54) is 0 Å². The maximum atomic E-state index is 12.0. The van der Waals surface area contributed by atoms with Crippen molar-refractivity contribution in [2.75, 3.05) is 37.7 Å². The summed E-state index contributed by atoms with van der Waals surface area (Å²) >= 11 is 0. The molecule has 0 spiro atoms. The van der Waals surface area contributed by atoms with Crippen LogP contribution in [0.3, 0.4) is 0 Å². The summed E-state index contributed by atoms with van der Waals surface area (Å²) in [5.74, 6) is 0.869. The van der Waals surface area contributed by atoms with Gasteiger partial charge in [-0.2, -0.15) is 0 Å². The first-order chi connectivity index (χ1) is 11.6. The second kappa shape index (κ2) is 10.9. The van der Waals surface area contributed by atoms with Gasteiger partial charge in [0, 0.05) is 38.9 Å². The highest BCUT2D eigenvalue weighted by Crippen LogP contribution is 2.18. The van der Waals surface area contributed by atoms with E-state index in [4.69, 9.17) is 9.47 Å². The molecule has 7 nitrogen and oxygen atoms in total. The molecule has 0 bridgehead atoms. The predicted molar refractivity (Wildman–Crippen MR) is 105 cm³/mol. The van der Waals surface area contributed by atoms with Crippen LogP contribution in [0, 0.1) is 0 Å². The van der Waals surface area contributed by atoms with E-state index in [-0.39, 0.29) is 42.9 Å². The first-order valence-electron chi connectivity index (χ1n) is 8.57. The van der Waals surface area contributed by atoms with Gasteiger partial charge in [-0.3, -0.25) is 4.79 Å². The fourth-order valence-electron chi connectivity index (χ4n) is 3.11. The van der Waals surface area contributed by atoms with Crippen LogP contribution in [0.15, 0.2) is 18.3 Å². The topological polar surface area (TPSA) is 75.7 Å². The average Bonchev–Trinajstić information content (AvgIpc) is 2.60. The van der Waals surface area contributed by atoms with Gasteiger partial charge in [-0.15, -0.1) is 24.8 Å². The summed E-state index contributed by atoms with van der Waals surface area (Å²) in [6.45, 7) is 8.25. The summed E-state index contributed by atoms with van der Waals surface area (Å²) in [7, 11) is 0. The molecule has 9 heteroatoms. The molecule has 2 aliphatic heterocycles. The van der Waals surface area contributed by atoms with Gasteiger partial charge in [-0.25, -0.2) is 4.98 Å². The van der Waals surface area contributed by atoms with Crippen LogP contribution in [0.1, 0.15) is 19.4 Å². The number of carbonyl (C=O) groups is 1. The zero-order valence-corrected chi connectivity index (χ0v) is 16.8. The smallest absolute Gasteiger partial charge is 0.250 e. The number of ether oxygens (including phenoxy) is 2. The molecule has 2 N–H and O–H groups in total. The number of hydrogen-bond donors (Lipinski definition) is 2. The molecule has 26 heavy (non-hydrogen) atoms. The number of rotatable bonds is 4. The lowest BCUT2D eigenvalue weighted by Crippen LogP contribution is -2.47. The third-order valence-corrected chi connectivity index (χ3v) is 4.24. The fraction of sp³-hybridized carbons (Fsp3) is 0.647. The Bertz CT molecular complexity index is 545. The summed E-state index contributed by atoms with van der Waals surface area (Å²) < 4.78 is 11.2. The monoisotopic (exact) mass is 406 g/mol. The SMILES string of the molecule is CC1CN(c2ccc(CNC(=O)C3CNCCO3)cn2)CC(C)O1.Cl.Cl. The average molecular weight is 407 g/mol. The van der Waals surface area contributed by atoms with Crippen LogP contribution in [-0.4, -0.2) is 62.0 Å². The Morgan fingerprint density at radius 2 is 2.04 bits per heavy atom. The Kier molecular flexibility index (Phi) is 9.60. The normalized spacial score (nSPS) is 25.6. The minimum Gasteiger partial charge on any atom is -0.372 e. The standard InChI is InChI=1S/C17H26N4O3.2ClH/c1-12-10-21(11-13(2)24-12)16-4-3-14(7-19-16)8-20-17(22)15-9-18-5-6-23-15;;/h3-4,7,12-13,15,18H,5-6,8-11H2,1-2H3,(H,20,22);2*1H. The predicted octanol–water partition coefficient (Wildman–Crippen LogP) is 1.14. The minimum atomic E-state index is -0.401. The lowest BCUT2D eigenvalue weighted by atomic mass is 10.2. The van der Waals surface area contributed by atoms with Gasteiger partial charge in [0.25, 0.3) is 5.91 Å². The highest BCUT2D eigenvalue weighted by molar-refractivity contribution is 5.85. The maximum Gasteiger partial charge on any atom is 0.250 e. The van der Waals surface area contributed by atoms with Crippen molar-refractivity contribution in [3.8, 4) is 0 Å². The minimum absolute atomic E-state index is 0. The van der Waals surface area contributed by atoms with E-state index in [2.05, 4.69) is 34.4 Å². The second-order valence-electron chi connectivity index (χ2n) is 6.47. The summed E-state index contributed by atoms with van der Waals surface area (Å²) in [6.07, 6.45) is 1.83. The summed E-state index contributed by atoms with van der Waals surface area (Å²) in [5.41, 5.74) is 0.977. The van der Waals surface area contributed by atoms with E-state index in [9.17, 15) is 4.79 Å². The van der Waals surface area contributed by atoms with Crippen molar-refractivity contribution in [1.29, 1.82) is 0 Å². The zero-order chi connectivity index (χ0) is 16.9. The van der Waals surface area contributed by atoms with E-state index in [0.717, 1.165) is 31.0 Å². The second-order valence-corrected chi connectivity index (χ2v) is 6.47. The van der Waals surface area contributed by atoms with Crippen molar-refractivity contribution in [2.45, 2.75) is 38.7 Å². The molecule has 2 saturated heterocycles. The Balaban J connectivity index is 0.00000169. The molecule has 0 aromatic carbocycles. The Morgan fingerprint density at radius 3 is 2.62 bits per heavy atom. The molecule has 148 valence electrons. The number of carbonyl (C=O) groups excluding carboxylic acids is 1. The van der Waals surface area contributed by atoms with Gasteiger partial charge in [-0.1, -0.05) is 6.07 Å². The number of pyridine rings is 1. The molecule has 1 aromatic heterocycles. The molecule has 1 aromatic rings. The largest absolute Gasteiger partial charge is 0.372 e. The molecular weight excluding hydrogens is 379 g/mol. The Labute approximate surface area is 167 Å². The third kappa shape index (κ3) is 6.25. The maximum absolute atomic E-state index is 12.0. The molecule has 2 aliphatic rings. The molecule has 3 unspecified atom stereocenters. The molecule has 0 radical (unpaired) electrons. The first-order valence-corrected chi connectivity index (χ1v) is 8.57. The molecule has 3 atom stereocenters. The van der Waals surface area contributed by atoms with Gasteiger partial charge in [0.05, 0.1) is 18.8 Å². The van der Waals surface area contributed by atoms with Crippen molar-refractivity contribution in [3.63, 3.8) is 0 Å². The fourth-order valence-corrected chi connectivity index (χ4v) is 3.11. The molecule has 2 fully saturated rings. The van der Waals surface area contributed by atoms with Gasteiger partial charge >= 0.3 is 0 Å². The lowest BCUT2D eigenvalue weighted by molar-refractivity contribution is -0.134. The zero-order valence-electron chi connectivity index (χ0n) is 15.1. The van der Waals surface area contributed by atoms with Gasteiger partial charge in [0.1, 0.15) is 11.9 Å². The molecule has 0 saturated carbocycles. The van der Waals surface area contributed by atoms with Crippen molar-refractivity contribution >= 4 is 36.5 Å². The van der Waals surface area contributed by atoms with E-state index < -0.39 is 6.10 Å². The van der Waals surface area contributed by atoms with Crippen LogP contribution >= 0.6 is 24.8 Å². The van der Waals surface area contributed by atoms with Gasteiger partial charge < -0.3 is 25.0 Å². The van der Waals surface area contributed by atoms with Gasteiger partial charge in [0.15, 0.2) is 0 Å². The number of halogens is 2. The number of aromatic nitrogens is 1. The van der Waals surface area contributed by atoms with E-state index >= 15 is 0 Å². The van der Waals surface area contributed by atoms with Crippen LogP contribution < -0.4 is 15.5 Å². The molecular formula is C17H28Cl2N4O3. The summed E-state index contributed by atoms with van der Waals surface area (Å²) in [4.78, 5) is 18.8. The summed E-state index contributed by atoms with van der Waals surface area (Å²) in [5, 5.41) is 6.06. The third-order valence-electron chi connectivity index (χ3n) is 4.24. The number of nitrogens with zero attached hydrogens (tertiary/aromatic N) is 2. The lowest BCUT2D eigenvalue weighted by Gasteiger charge is -2.36. The van der Waals surface area contributed by atoms with Crippen molar-refractivity contribution in [3.05, 3.63) is 23.9 Å². The van der Waals surface area contributed by atoms with Crippen LogP contribution in [-0.2, 0) is 20.8 Å². The highest BCUT2D eigenvalue weighted by atomic mass is 35.5. The molecule has 1 amide bonds.